The van der Waals surface area contributed by atoms with E-state index in [0.29, 0.717) is 18.5 Å². The monoisotopic (exact) mass is 429 g/mol. The number of carbonyl (C=O) groups excluding carboxylic acids is 1. The van der Waals surface area contributed by atoms with Gasteiger partial charge in [-0.3, -0.25) is 9.69 Å². The average molecular weight is 430 g/mol. The Morgan fingerprint density at radius 2 is 1.63 bits per heavy atom. The second kappa shape index (κ2) is 8.75. The Balaban J connectivity index is 1.28. The molecule has 2 aliphatic rings. The molecule has 2 aliphatic heterocycles. The maximum Gasteiger partial charge on any atom is 0.244 e. The molecule has 0 aromatic heterocycles. The molecule has 2 aromatic carbocycles. The van der Waals surface area contributed by atoms with Crippen molar-refractivity contribution in [3.63, 3.8) is 0 Å². The lowest BCUT2D eigenvalue weighted by Crippen LogP contribution is -2.47. The molecule has 1 fully saturated rings. The largest absolute Gasteiger partial charge is 0.497 e. The Morgan fingerprint density at radius 3 is 2.33 bits per heavy atom. The molecular weight excluding hydrogens is 402 g/mol. The fraction of sp³-hybridized carbons (Fsp3) is 0.409. The van der Waals surface area contributed by atoms with Crippen LogP contribution in [0.15, 0.2) is 53.4 Å². The van der Waals surface area contributed by atoms with Gasteiger partial charge in [-0.1, -0.05) is 12.1 Å². The smallest absolute Gasteiger partial charge is 0.244 e. The number of carbonyl (C=O) groups is 1. The highest BCUT2D eigenvalue weighted by molar-refractivity contribution is 7.89. The van der Waals surface area contributed by atoms with Crippen LogP contribution in [0.5, 0.6) is 5.75 Å². The molecule has 0 amide bonds. The van der Waals surface area contributed by atoms with Gasteiger partial charge in [-0.2, -0.15) is 4.31 Å². The Bertz CT molecular complexity index is 999. The molecule has 1 saturated heterocycles. The van der Waals surface area contributed by atoms with Gasteiger partial charge in [-0.05, 0) is 49.4 Å². The topological polar surface area (TPSA) is 70.2 Å². The molecule has 0 atom stereocenters. The lowest BCUT2D eigenvalue weighted by molar-refractivity contribution is 0.0954. The van der Waals surface area contributed by atoms with E-state index in [9.17, 15) is 13.2 Å². The van der Waals surface area contributed by atoms with Crippen LogP contribution in [0.2, 0.25) is 0 Å². The van der Waals surface area contributed by atoms with Gasteiger partial charge in [0.1, 0.15) is 5.75 Å². The van der Waals surface area contributed by atoms with Crippen LogP contribution in [0.3, 0.4) is 0 Å². The highest BCUT2D eigenvalue weighted by Gasteiger charge is 2.35. The lowest BCUT2D eigenvalue weighted by Gasteiger charge is -2.36. The van der Waals surface area contributed by atoms with Gasteiger partial charge in [0.25, 0.3) is 0 Å². The molecule has 0 N–H and O–H groups in total. The summed E-state index contributed by atoms with van der Waals surface area (Å²) in [6.07, 6.45) is 0.706. The fourth-order valence-electron chi connectivity index (χ4n) is 4.08. The van der Waals surface area contributed by atoms with E-state index in [2.05, 4.69) is 21.9 Å². The summed E-state index contributed by atoms with van der Waals surface area (Å²) in [6.45, 7) is 4.84. The molecule has 30 heavy (non-hydrogen) atoms. The molecule has 2 aromatic rings. The van der Waals surface area contributed by atoms with Gasteiger partial charge in [0.2, 0.25) is 10.0 Å². The molecule has 0 unspecified atom stereocenters. The van der Waals surface area contributed by atoms with Crippen molar-refractivity contribution in [1.82, 2.24) is 9.21 Å². The number of anilines is 1. The first-order chi connectivity index (χ1) is 14.5. The minimum Gasteiger partial charge on any atom is -0.497 e. The van der Waals surface area contributed by atoms with Gasteiger partial charge in [0.15, 0.2) is 5.78 Å². The zero-order valence-corrected chi connectivity index (χ0v) is 18.0. The average Bonchev–Trinajstić information content (AvgIpc) is 2.78. The number of fused-ring (bicyclic) bond motifs is 1. The summed E-state index contributed by atoms with van der Waals surface area (Å²) in [6, 6.07) is 14.6. The van der Waals surface area contributed by atoms with Gasteiger partial charge in [-0.25, -0.2) is 8.42 Å². The molecule has 0 aliphatic carbocycles. The Morgan fingerprint density at radius 1 is 0.933 bits per heavy atom. The zero-order valence-electron chi connectivity index (χ0n) is 17.2. The van der Waals surface area contributed by atoms with Crippen LogP contribution in [0, 0.1) is 0 Å². The van der Waals surface area contributed by atoms with Crippen LogP contribution in [-0.2, 0) is 10.0 Å². The molecule has 160 valence electrons. The number of ether oxygens (including phenoxy) is 1. The first kappa shape index (κ1) is 20.8. The third kappa shape index (κ3) is 4.21. The van der Waals surface area contributed by atoms with Crippen molar-refractivity contribution in [2.24, 2.45) is 0 Å². The van der Waals surface area contributed by atoms with E-state index >= 15 is 0 Å². The summed E-state index contributed by atoms with van der Waals surface area (Å²) in [7, 11) is -1.93. The van der Waals surface area contributed by atoms with Crippen molar-refractivity contribution in [3.8, 4) is 5.75 Å². The Labute approximate surface area is 177 Å². The summed E-state index contributed by atoms with van der Waals surface area (Å²) in [4.78, 5) is 17.2. The predicted octanol–water partition coefficient (Wildman–Crippen LogP) is 2.09. The van der Waals surface area contributed by atoms with Crippen LogP contribution in [0.1, 0.15) is 16.8 Å². The highest BCUT2D eigenvalue weighted by Crippen LogP contribution is 2.26. The van der Waals surface area contributed by atoms with Crippen LogP contribution in [-0.4, -0.2) is 76.3 Å². The number of nitrogens with zero attached hydrogens (tertiary/aromatic N) is 3. The van der Waals surface area contributed by atoms with Crippen LogP contribution in [0.25, 0.3) is 0 Å². The normalized spacial score (nSPS) is 19.5. The summed E-state index contributed by atoms with van der Waals surface area (Å²) >= 11 is 0. The van der Waals surface area contributed by atoms with Crippen molar-refractivity contribution in [1.29, 1.82) is 0 Å². The number of sulfonamides is 1. The quantitative estimate of drug-likeness (QED) is 0.700. The Kier molecular flexibility index (Phi) is 6.08. The third-order valence-electron chi connectivity index (χ3n) is 5.82. The SMILES string of the molecule is COc1ccc(N2CCN(CCCN3CC(=O)c4ccccc4S3(=O)=O)CC2)cc1. The number of rotatable bonds is 6. The molecular formula is C22H27N3O4S. The van der Waals surface area contributed by atoms with Crippen LogP contribution < -0.4 is 9.64 Å². The van der Waals surface area contributed by atoms with Crippen LogP contribution in [0.4, 0.5) is 5.69 Å². The maximum atomic E-state index is 12.8. The van der Waals surface area contributed by atoms with E-state index < -0.39 is 10.0 Å². The second-order valence-electron chi connectivity index (χ2n) is 7.64. The predicted molar refractivity (Wildman–Crippen MR) is 116 cm³/mol. The van der Waals surface area contributed by atoms with Crippen molar-refractivity contribution in [3.05, 3.63) is 54.1 Å². The maximum absolute atomic E-state index is 12.8. The van der Waals surface area contributed by atoms with Gasteiger partial charge >= 0.3 is 0 Å². The van der Waals surface area contributed by atoms with Crippen molar-refractivity contribution in [2.75, 3.05) is 57.8 Å². The molecule has 0 radical (unpaired) electrons. The van der Waals surface area contributed by atoms with E-state index in [0.717, 1.165) is 38.5 Å². The van der Waals surface area contributed by atoms with E-state index in [-0.39, 0.29) is 17.2 Å². The number of methoxy groups -OCH3 is 1. The van der Waals surface area contributed by atoms with E-state index in [1.54, 1.807) is 25.3 Å². The van der Waals surface area contributed by atoms with Crippen molar-refractivity contribution >= 4 is 21.5 Å². The first-order valence-corrected chi connectivity index (χ1v) is 11.7. The molecule has 8 heteroatoms. The number of ketones is 1. The number of piperazine rings is 1. The Hall–Kier alpha value is -2.42. The van der Waals surface area contributed by atoms with Gasteiger partial charge < -0.3 is 9.64 Å². The molecule has 2 heterocycles. The summed E-state index contributed by atoms with van der Waals surface area (Å²) in [5.74, 6) is 0.722. The number of Topliss-reactive ketones (excluding diaryl/α,β-unsaturated/α-hetero) is 1. The standard InChI is InChI=1S/C22H27N3O4S/c1-29-19-9-7-18(8-10-19)24-15-13-23(14-16-24)11-4-12-25-17-21(26)20-5-2-3-6-22(20)30(25,27)28/h2-3,5-10H,4,11-17H2,1H3. The minimum absolute atomic E-state index is 0.0649. The van der Waals surface area contributed by atoms with Crippen LogP contribution >= 0.6 is 0 Å². The number of hydrogen-bond donors (Lipinski definition) is 0. The summed E-state index contributed by atoms with van der Waals surface area (Å²) < 4.78 is 32.2. The van der Waals surface area contributed by atoms with Crippen molar-refractivity contribution in [2.45, 2.75) is 11.3 Å². The highest BCUT2D eigenvalue weighted by atomic mass is 32.2. The molecule has 7 nitrogen and oxygen atoms in total. The van der Waals surface area contributed by atoms with E-state index in [1.165, 1.54) is 16.1 Å². The van der Waals surface area contributed by atoms with E-state index in [1.807, 2.05) is 12.1 Å². The molecule has 0 bridgehead atoms. The lowest BCUT2D eigenvalue weighted by atomic mass is 10.1. The third-order valence-corrected chi connectivity index (χ3v) is 7.72. The van der Waals surface area contributed by atoms with E-state index in [4.69, 9.17) is 4.74 Å². The minimum atomic E-state index is -3.59. The van der Waals surface area contributed by atoms with Crippen molar-refractivity contribution < 1.29 is 17.9 Å². The summed E-state index contributed by atoms with van der Waals surface area (Å²) in [5, 5.41) is 0. The molecule has 0 saturated carbocycles. The fourth-order valence-corrected chi connectivity index (χ4v) is 5.73. The molecule has 4 rings (SSSR count). The van der Waals surface area contributed by atoms with Gasteiger partial charge in [0, 0.05) is 44.0 Å². The second-order valence-corrected chi connectivity index (χ2v) is 9.54. The zero-order chi connectivity index (χ0) is 21.1. The van der Waals surface area contributed by atoms with Gasteiger partial charge in [0.05, 0.1) is 18.6 Å². The molecule has 0 spiro atoms. The first-order valence-electron chi connectivity index (χ1n) is 10.2. The van der Waals surface area contributed by atoms with Gasteiger partial charge in [-0.15, -0.1) is 0 Å². The summed E-state index contributed by atoms with van der Waals surface area (Å²) in [5.41, 5.74) is 1.50. The number of hydrogen-bond acceptors (Lipinski definition) is 6. The number of benzene rings is 2.